The molecule has 1 aromatic heterocycles. The molecule has 1 amide bonds. The molecule has 2 unspecified atom stereocenters. The molecule has 2 aliphatic rings. The van der Waals surface area contributed by atoms with Gasteiger partial charge in [0.25, 0.3) is 5.91 Å². The highest BCUT2D eigenvalue weighted by Crippen LogP contribution is 2.33. The third kappa shape index (κ3) is 2.70. The molecule has 20 heavy (non-hydrogen) atoms. The molecule has 2 atom stereocenters. The predicted molar refractivity (Wildman–Crippen MR) is 75.4 cm³/mol. The summed E-state index contributed by atoms with van der Waals surface area (Å²) >= 11 is 0. The molecule has 1 N–H and O–H groups in total. The van der Waals surface area contributed by atoms with Crippen molar-refractivity contribution in [2.45, 2.75) is 51.7 Å². The molecule has 1 saturated carbocycles. The molecule has 0 spiro atoms. The van der Waals surface area contributed by atoms with Crippen molar-refractivity contribution in [1.29, 1.82) is 0 Å². The van der Waals surface area contributed by atoms with E-state index in [1.165, 1.54) is 0 Å². The van der Waals surface area contributed by atoms with Crippen LogP contribution in [0, 0.1) is 5.92 Å². The summed E-state index contributed by atoms with van der Waals surface area (Å²) in [4.78, 5) is 14.6. The SMILES string of the molecule is CC1CN(C(C)C)CC1NC(=O)c1cn(C2CC2)nn1. The standard InChI is InChI=1S/C14H23N5O/c1-9(2)18-6-10(3)12(7-18)15-14(20)13-8-19(17-16-13)11-4-5-11/h8-12H,4-7H2,1-3H3,(H,15,20). The zero-order valence-corrected chi connectivity index (χ0v) is 12.4. The normalized spacial score (nSPS) is 27.2. The number of nitrogens with one attached hydrogen (secondary N) is 1. The van der Waals surface area contributed by atoms with E-state index in [0.29, 0.717) is 23.7 Å². The van der Waals surface area contributed by atoms with E-state index in [9.17, 15) is 4.79 Å². The van der Waals surface area contributed by atoms with Crippen molar-refractivity contribution >= 4 is 5.91 Å². The van der Waals surface area contributed by atoms with Crippen LogP contribution in [0.5, 0.6) is 0 Å². The van der Waals surface area contributed by atoms with Gasteiger partial charge in [-0.15, -0.1) is 5.10 Å². The van der Waals surface area contributed by atoms with Crippen molar-refractivity contribution in [1.82, 2.24) is 25.2 Å². The summed E-state index contributed by atoms with van der Waals surface area (Å²) in [6.45, 7) is 8.53. The minimum atomic E-state index is -0.0978. The van der Waals surface area contributed by atoms with E-state index >= 15 is 0 Å². The summed E-state index contributed by atoms with van der Waals surface area (Å²) in [6.07, 6.45) is 4.06. The summed E-state index contributed by atoms with van der Waals surface area (Å²) in [6, 6.07) is 1.19. The van der Waals surface area contributed by atoms with Gasteiger partial charge in [-0.05, 0) is 32.6 Å². The molecule has 0 bridgehead atoms. The summed E-state index contributed by atoms with van der Waals surface area (Å²) in [5.41, 5.74) is 0.437. The van der Waals surface area contributed by atoms with Crippen LogP contribution in [0.1, 0.15) is 50.1 Å². The van der Waals surface area contributed by atoms with Gasteiger partial charge in [0.05, 0.1) is 12.2 Å². The molecule has 2 heterocycles. The van der Waals surface area contributed by atoms with Crippen molar-refractivity contribution in [3.63, 3.8) is 0 Å². The molecule has 0 aromatic carbocycles. The number of carbonyl (C=O) groups is 1. The number of nitrogens with zero attached hydrogens (tertiary/aromatic N) is 4. The lowest BCUT2D eigenvalue weighted by Crippen LogP contribution is -2.40. The first-order valence-corrected chi connectivity index (χ1v) is 7.51. The van der Waals surface area contributed by atoms with Gasteiger partial charge >= 0.3 is 0 Å². The number of amides is 1. The third-order valence-corrected chi connectivity index (χ3v) is 4.35. The lowest BCUT2D eigenvalue weighted by molar-refractivity contribution is 0.0925. The minimum absolute atomic E-state index is 0.0978. The quantitative estimate of drug-likeness (QED) is 0.894. The van der Waals surface area contributed by atoms with Gasteiger partial charge in [0.1, 0.15) is 0 Å². The summed E-state index contributed by atoms with van der Waals surface area (Å²) in [5, 5.41) is 11.1. The molecule has 1 aliphatic carbocycles. The van der Waals surface area contributed by atoms with Crippen LogP contribution >= 0.6 is 0 Å². The molecule has 6 nitrogen and oxygen atoms in total. The highest BCUT2D eigenvalue weighted by atomic mass is 16.2. The van der Waals surface area contributed by atoms with Crippen LogP contribution in [0.25, 0.3) is 0 Å². The maximum atomic E-state index is 12.2. The molecule has 110 valence electrons. The van der Waals surface area contributed by atoms with Gasteiger partial charge in [0.15, 0.2) is 5.69 Å². The van der Waals surface area contributed by atoms with Gasteiger partial charge in [-0.25, -0.2) is 4.68 Å². The highest BCUT2D eigenvalue weighted by Gasteiger charge is 2.33. The number of likely N-dealkylation sites (tertiary alicyclic amines) is 1. The fraction of sp³-hybridized carbons (Fsp3) is 0.786. The number of hydrogen-bond acceptors (Lipinski definition) is 4. The fourth-order valence-corrected chi connectivity index (χ4v) is 2.75. The smallest absolute Gasteiger partial charge is 0.273 e. The van der Waals surface area contributed by atoms with Crippen LogP contribution < -0.4 is 5.32 Å². The van der Waals surface area contributed by atoms with Crippen LogP contribution in [0.2, 0.25) is 0 Å². The molecule has 0 radical (unpaired) electrons. The Balaban J connectivity index is 1.60. The Labute approximate surface area is 119 Å². The van der Waals surface area contributed by atoms with E-state index in [0.717, 1.165) is 25.9 Å². The van der Waals surface area contributed by atoms with E-state index in [1.807, 2.05) is 4.68 Å². The average Bonchev–Trinajstić information content (AvgIpc) is 3.01. The predicted octanol–water partition coefficient (Wildman–Crippen LogP) is 1.07. The Morgan fingerprint density at radius 3 is 2.75 bits per heavy atom. The first kappa shape index (κ1) is 13.5. The Kier molecular flexibility index (Phi) is 3.50. The monoisotopic (exact) mass is 277 g/mol. The van der Waals surface area contributed by atoms with Crippen molar-refractivity contribution in [2.24, 2.45) is 5.92 Å². The van der Waals surface area contributed by atoms with Crippen LogP contribution in [0.3, 0.4) is 0 Å². The Bertz CT molecular complexity index is 494. The van der Waals surface area contributed by atoms with Gasteiger partial charge in [0, 0.05) is 25.2 Å². The summed E-state index contributed by atoms with van der Waals surface area (Å²) < 4.78 is 1.81. The van der Waals surface area contributed by atoms with Gasteiger partial charge in [-0.2, -0.15) is 0 Å². The topological polar surface area (TPSA) is 63.1 Å². The molecular formula is C14H23N5O. The largest absolute Gasteiger partial charge is 0.346 e. The zero-order valence-electron chi connectivity index (χ0n) is 12.4. The number of rotatable bonds is 4. The molecule has 6 heteroatoms. The molecule has 3 rings (SSSR count). The Morgan fingerprint density at radius 1 is 1.40 bits per heavy atom. The average molecular weight is 277 g/mol. The number of aromatic nitrogens is 3. The fourth-order valence-electron chi connectivity index (χ4n) is 2.75. The lowest BCUT2D eigenvalue weighted by atomic mass is 10.1. The highest BCUT2D eigenvalue weighted by molar-refractivity contribution is 5.92. The van der Waals surface area contributed by atoms with Crippen LogP contribution in [0.4, 0.5) is 0 Å². The lowest BCUT2D eigenvalue weighted by Gasteiger charge is -2.20. The second kappa shape index (κ2) is 5.16. The molecule has 2 fully saturated rings. The second-order valence-electron chi connectivity index (χ2n) is 6.42. The van der Waals surface area contributed by atoms with Crippen LogP contribution in [0.15, 0.2) is 6.20 Å². The molecule has 1 aliphatic heterocycles. The van der Waals surface area contributed by atoms with Gasteiger partial charge in [0.2, 0.25) is 0 Å². The number of carbonyl (C=O) groups excluding carboxylic acids is 1. The summed E-state index contributed by atoms with van der Waals surface area (Å²) in [7, 11) is 0. The van der Waals surface area contributed by atoms with Crippen molar-refractivity contribution < 1.29 is 4.79 Å². The van der Waals surface area contributed by atoms with Gasteiger partial charge in [-0.1, -0.05) is 12.1 Å². The van der Waals surface area contributed by atoms with Gasteiger partial charge < -0.3 is 5.32 Å². The van der Waals surface area contributed by atoms with E-state index in [2.05, 4.69) is 41.3 Å². The maximum absolute atomic E-state index is 12.2. The third-order valence-electron chi connectivity index (χ3n) is 4.35. The van der Waals surface area contributed by atoms with E-state index < -0.39 is 0 Å². The molecule has 1 aromatic rings. The molecular weight excluding hydrogens is 254 g/mol. The van der Waals surface area contributed by atoms with Crippen molar-refractivity contribution in [3.05, 3.63) is 11.9 Å². The van der Waals surface area contributed by atoms with E-state index in [4.69, 9.17) is 0 Å². The first-order valence-electron chi connectivity index (χ1n) is 7.51. The van der Waals surface area contributed by atoms with E-state index in [1.54, 1.807) is 6.20 Å². The summed E-state index contributed by atoms with van der Waals surface area (Å²) in [5.74, 6) is 0.374. The first-order chi connectivity index (χ1) is 9.54. The maximum Gasteiger partial charge on any atom is 0.273 e. The number of hydrogen-bond donors (Lipinski definition) is 1. The van der Waals surface area contributed by atoms with Crippen LogP contribution in [-0.2, 0) is 0 Å². The van der Waals surface area contributed by atoms with Gasteiger partial charge in [-0.3, -0.25) is 9.69 Å². The van der Waals surface area contributed by atoms with Crippen molar-refractivity contribution in [2.75, 3.05) is 13.1 Å². The van der Waals surface area contributed by atoms with E-state index in [-0.39, 0.29) is 11.9 Å². The Morgan fingerprint density at radius 2 is 2.15 bits per heavy atom. The minimum Gasteiger partial charge on any atom is -0.346 e. The van der Waals surface area contributed by atoms with Crippen LogP contribution in [-0.4, -0.2) is 51.0 Å². The zero-order chi connectivity index (χ0) is 14.3. The second-order valence-corrected chi connectivity index (χ2v) is 6.42. The Hall–Kier alpha value is -1.43. The molecule has 1 saturated heterocycles. The van der Waals surface area contributed by atoms with Crippen molar-refractivity contribution in [3.8, 4) is 0 Å².